The van der Waals surface area contributed by atoms with Crippen molar-refractivity contribution < 1.29 is 17.9 Å². The number of rotatable bonds is 6. The van der Waals surface area contributed by atoms with Crippen LogP contribution in [0.4, 0.5) is 0 Å². The highest BCUT2D eigenvalue weighted by Gasteiger charge is 2.28. The second-order valence-electron chi connectivity index (χ2n) is 5.75. The van der Waals surface area contributed by atoms with E-state index in [2.05, 4.69) is 4.72 Å². The predicted molar refractivity (Wildman–Crippen MR) is 94.3 cm³/mol. The van der Waals surface area contributed by atoms with Gasteiger partial charge in [0.05, 0.1) is 24.7 Å². The first-order valence-electron chi connectivity index (χ1n) is 7.21. The molecule has 0 heterocycles. The van der Waals surface area contributed by atoms with Crippen molar-refractivity contribution in [3.63, 3.8) is 0 Å². The SMILES string of the molecule is COc1ccc(S(=O)(=O)NC(C)(C)c2ccc(Cl)cc2)cc1OC. The first-order valence-corrected chi connectivity index (χ1v) is 9.08. The maximum atomic E-state index is 12.7. The topological polar surface area (TPSA) is 64.6 Å². The molecule has 2 rings (SSSR count). The van der Waals surface area contributed by atoms with Crippen LogP contribution in [0.25, 0.3) is 0 Å². The van der Waals surface area contributed by atoms with Crippen LogP contribution >= 0.6 is 11.6 Å². The van der Waals surface area contributed by atoms with Gasteiger partial charge in [-0.05, 0) is 43.7 Å². The minimum atomic E-state index is -3.75. The lowest BCUT2D eigenvalue weighted by Gasteiger charge is -2.27. The Morgan fingerprint density at radius 3 is 2.08 bits per heavy atom. The Bertz CT molecular complexity index is 817. The Morgan fingerprint density at radius 1 is 0.958 bits per heavy atom. The standard InChI is InChI=1S/C17H20ClNO4S/c1-17(2,12-5-7-13(18)8-6-12)19-24(20,21)14-9-10-15(22-3)16(11-14)23-4/h5-11,19H,1-4H3. The molecule has 0 saturated heterocycles. The fourth-order valence-corrected chi connectivity index (χ4v) is 3.85. The first-order chi connectivity index (χ1) is 11.2. The number of ether oxygens (including phenoxy) is 2. The van der Waals surface area contributed by atoms with Crippen LogP contribution in [0.1, 0.15) is 19.4 Å². The van der Waals surface area contributed by atoms with E-state index in [1.54, 1.807) is 44.2 Å². The molecule has 0 saturated carbocycles. The lowest BCUT2D eigenvalue weighted by molar-refractivity contribution is 0.353. The van der Waals surface area contributed by atoms with Gasteiger partial charge in [-0.2, -0.15) is 0 Å². The smallest absolute Gasteiger partial charge is 0.241 e. The van der Waals surface area contributed by atoms with Crippen molar-refractivity contribution in [1.82, 2.24) is 4.72 Å². The second kappa shape index (κ2) is 7.01. The molecule has 0 aliphatic rings. The Labute approximate surface area is 147 Å². The summed E-state index contributed by atoms with van der Waals surface area (Å²) in [5.74, 6) is 0.818. The lowest BCUT2D eigenvalue weighted by Crippen LogP contribution is -2.40. The van der Waals surface area contributed by atoms with Crippen molar-refractivity contribution in [3.8, 4) is 11.5 Å². The van der Waals surface area contributed by atoms with Gasteiger partial charge in [0.25, 0.3) is 0 Å². The average molecular weight is 370 g/mol. The van der Waals surface area contributed by atoms with Crippen LogP contribution in [0, 0.1) is 0 Å². The van der Waals surface area contributed by atoms with Crippen LogP contribution in [-0.2, 0) is 15.6 Å². The fraction of sp³-hybridized carbons (Fsp3) is 0.294. The maximum absolute atomic E-state index is 12.7. The summed E-state index contributed by atoms with van der Waals surface area (Å²) in [5, 5.41) is 0.595. The summed E-state index contributed by atoms with van der Waals surface area (Å²) in [4.78, 5) is 0.0992. The second-order valence-corrected chi connectivity index (χ2v) is 7.87. The number of hydrogen-bond donors (Lipinski definition) is 1. The van der Waals surface area contributed by atoms with Crippen LogP contribution in [0.15, 0.2) is 47.4 Å². The van der Waals surface area contributed by atoms with E-state index in [0.717, 1.165) is 5.56 Å². The van der Waals surface area contributed by atoms with Crippen molar-refractivity contribution in [1.29, 1.82) is 0 Å². The summed E-state index contributed by atoms with van der Waals surface area (Å²) in [7, 11) is -0.801. The van der Waals surface area contributed by atoms with Crippen LogP contribution in [0.2, 0.25) is 5.02 Å². The summed E-state index contributed by atoms with van der Waals surface area (Å²) in [6.45, 7) is 3.57. The van der Waals surface area contributed by atoms with Gasteiger partial charge in [0.15, 0.2) is 11.5 Å². The number of benzene rings is 2. The van der Waals surface area contributed by atoms with Gasteiger partial charge in [-0.25, -0.2) is 13.1 Å². The zero-order valence-corrected chi connectivity index (χ0v) is 15.5. The summed E-state index contributed by atoms with van der Waals surface area (Å²) in [6, 6.07) is 11.5. The maximum Gasteiger partial charge on any atom is 0.241 e. The molecule has 0 radical (unpaired) electrons. The third kappa shape index (κ3) is 4.01. The average Bonchev–Trinajstić information content (AvgIpc) is 2.53. The minimum absolute atomic E-state index is 0.0992. The molecule has 0 aliphatic heterocycles. The molecule has 2 aromatic carbocycles. The third-order valence-electron chi connectivity index (χ3n) is 3.62. The van der Waals surface area contributed by atoms with Crippen LogP contribution in [0.3, 0.4) is 0 Å². The highest BCUT2D eigenvalue weighted by atomic mass is 35.5. The molecule has 0 amide bonds. The molecule has 7 heteroatoms. The Hall–Kier alpha value is -1.76. The number of methoxy groups -OCH3 is 2. The van der Waals surface area contributed by atoms with Gasteiger partial charge in [-0.15, -0.1) is 0 Å². The molecule has 0 aliphatic carbocycles. The Balaban J connectivity index is 2.35. The highest BCUT2D eigenvalue weighted by molar-refractivity contribution is 7.89. The van der Waals surface area contributed by atoms with E-state index in [9.17, 15) is 8.42 Å². The van der Waals surface area contributed by atoms with Crippen molar-refractivity contribution in [3.05, 3.63) is 53.1 Å². The molecule has 2 aromatic rings. The predicted octanol–water partition coefficient (Wildman–Crippen LogP) is 3.57. The minimum Gasteiger partial charge on any atom is -0.493 e. The van der Waals surface area contributed by atoms with E-state index in [4.69, 9.17) is 21.1 Å². The van der Waals surface area contributed by atoms with Crippen molar-refractivity contribution >= 4 is 21.6 Å². The lowest BCUT2D eigenvalue weighted by atomic mass is 9.96. The molecule has 0 atom stereocenters. The number of sulfonamides is 1. The van der Waals surface area contributed by atoms with Gasteiger partial charge in [-0.1, -0.05) is 23.7 Å². The Morgan fingerprint density at radius 2 is 1.54 bits per heavy atom. The van der Waals surface area contributed by atoms with E-state index in [1.165, 1.54) is 26.4 Å². The largest absolute Gasteiger partial charge is 0.493 e. The molecule has 0 aromatic heterocycles. The number of hydrogen-bond acceptors (Lipinski definition) is 4. The molecule has 0 unspecified atom stereocenters. The molecular weight excluding hydrogens is 350 g/mol. The van der Waals surface area contributed by atoms with E-state index in [-0.39, 0.29) is 4.90 Å². The summed E-state index contributed by atoms with van der Waals surface area (Å²) < 4.78 is 38.5. The first kappa shape index (κ1) is 18.6. The zero-order valence-electron chi connectivity index (χ0n) is 14.0. The summed E-state index contributed by atoms with van der Waals surface area (Å²) in [5.41, 5.74) is -0.00714. The summed E-state index contributed by atoms with van der Waals surface area (Å²) in [6.07, 6.45) is 0. The van der Waals surface area contributed by atoms with Crippen LogP contribution < -0.4 is 14.2 Å². The quantitative estimate of drug-likeness (QED) is 0.845. The van der Waals surface area contributed by atoms with Crippen LogP contribution in [-0.4, -0.2) is 22.6 Å². The van der Waals surface area contributed by atoms with Crippen molar-refractivity contribution in [2.45, 2.75) is 24.3 Å². The number of nitrogens with one attached hydrogen (secondary N) is 1. The van der Waals surface area contributed by atoms with E-state index < -0.39 is 15.6 Å². The monoisotopic (exact) mass is 369 g/mol. The summed E-state index contributed by atoms with van der Waals surface area (Å²) >= 11 is 5.89. The van der Waals surface area contributed by atoms with E-state index >= 15 is 0 Å². The fourth-order valence-electron chi connectivity index (χ4n) is 2.30. The van der Waals surface area contributed by atoms with Gasteiger partial charge in [0.2, 0.25) is 10.0 Å². The molecule has 0 bridgehead atoms. The molecule has 1 N–H and O–H groups in total. The van der Waals surface area contributed by atoms with Gasteiger partial charge >= 0.3 is 0 Å². The molecule has 0 spiro atoms. The Kier molecular flexibility index (Phi) is 5.42. The highest BCUT2D eigenvalue weighted by Crippen LogP contribution is 2.31. The van der Waals surface area contributed by atoms with Gasteiger partial charge in [0.1, 0.15) is 0 Å². The number of halogens is 1. The van der Waals surface area contributed by atoms with Crippen molar-refractivity contribution in [2.24, 2.45) is 0 Å². The van der Waals surface area contributed by atoms with Gasteiger partial charge in [0, 0.05) is 11.1 Å². The van der Waals surface area contributed by atoms with Gasteiger partial charge < -0.3 is 9.47 Å². The molecule has 24 heavy (non-hydrogen) atoms. The molecule has 5 nitrogen and oxygen atoms in total. The third-order valence-corrected chi connectivity index (χ3v) is 5.53. The van der Waals surface area contributed by atoms with E-state index in [1.807, 2.05) is 0 Å². The van der Waals surface area contributed by atoms with Gasteiger partial charge in [-0.3, -0.25) is 0 Å². The van der Waals surface area contributed by atoms with E-state index in [0.29, 0.717) is 16.5 Å². The van der Waals surface area contributed by atoms with Crippen molar-refractivity contribution in [2.75, 3.05) is 14.2 Å². The molecular formula is C17H20ClNO4S. The normalized spacial score (nSPS) is 12.0. The zero-order chi connectivity index (χ0) is 18.0. The molecule has 130 valence electrons. The van der Waals surface area contributed by atoms with Crippen LogP contribution in [0.5, 0.6) is 11.5 Å². The molecule has 0 fully saturated rings.